The average molecular weight is 268 g/mol. The number of H-pyrrole nitrogens is 1. The van der Waals surface area contributed by atoms with Crippen molar-refractivity contribution in [3.63, 3.8) is 0 Å². The summed E-state index contributed by atoms with van der Waals surface area (Å²) in [7, 11) is 1.90. The van der Waals surface area contributed by atoms with Crippen LogP contribution in [0.25, 0.3) is 22.6 Å². The number of aromatic nitrogens is 3. The summed E-state index contributed by atoms with van der Waals surface area (Å²) in [4.78, 5) is 12.2. The Morgan fingerprint density at radius 3 is 2.80 bits per heavy atom. The highest BCUT2D eigenvalue weighted by Gasteiger charge is 2.10. The van der Waals surface area contributed by atoms with Gasteiger partial charge in [0.1, 0.15) is 5.82 Å². The fourth-order valence-electron chi connectivity index (χ4n) is 2.14. The number of anilines is 1. The van der Waals surface area contributed by atoms with E-state index < -0.39 is 0 Å². The molecule has 0 aliphatic rings. The van der Waals surface area contributed by atoms with Crippen LogP contribution in [0.1, 0.15) is 6.92 Å². The molecule has 0 aliphatic carbocycles. The van der Waals surface area contributed by atoms with Crippen LogP contribution in [0.4, 0.5) is 5.69 Å². The fourth-order valence-corrected chi connectivity index (χ4v) is 2.14. The monoisotopic (exact) mass is 268 g/mol. The number of rotatable bonds is 4. The van der Waals surface area contributed by atoms with Gasteiger partial charge in [0.25, 0.3) is 0 Å². The third-order valence-corrected chi connectivity index (χ3v) is 3.06. The Balaban J connectivity index is 2.08. The second-order valence-electron chi connectivity index (χ2n) is 4.33. The number of nitrogens with one attached hydrogen (secondary N) is 2. The number of hydrogen-bond donors (Lipinski definition) is 2. The fraction of sp³-hybridized carbons (Fsp3) is 0.200. The predicted molar refractivity (Wildman–Crippen MR) is 80.0 cm³/mol. The van der Waals surface area contributed by atoms with Gasteiger partial charge in [0.2, 0.25) is 5.88 Å². The van der Waals surface area contributed by atoms with Gasteiger partial charge in [-0.2, -0.15) is 4.98 Å². The van der Waals surface area contributed by atoms with Crippen LogP contribution in [-0.4, -0.2) is 28.6 Å². The second kappa shape index (κ2) is 5.21. The molecule has 5 nitrogen and oxygen atoms in total. The first-order valence-electron chi connectivity index (χ1n) is 6.58. The molecule has 5 heteroatoms. The number of imidazole rings is 1. The van der Waals surface area contributed by atoms with E-state index in [-0.39, 0.29) is 0 Å². The maximum atomic E-state index is 5.40. The van der Waals surface area contributed by atoms with E-state index in [2.05, 4.69) is 20.3 Å². The topological polar surface area (TPSA) is 62.8 Å². The van der Waals surface area contributed by atoms with E-state index in [4.69, 9.17) is 4.74 Å². The number of aromatic amines is 1. The van der Waals surface area contributed by atoms with Crippen LogP contribution in [0, 0.1) is 0 Å². The standard InChI is InChI=1S/C15H16N4O/c1-3-20-13-9-8-12-15(18-13)19-14(17-12)10-6-4-5-7-11(10)16-2/h4-9,16H,3H2,1-2H3,(H,17,18,19). The SMILES string of the molecule is CCOc1ccc2[nH]c(-c3ccccc3NC)nc2n1. The highest BCUT2D eigenvalue weighted by Crippen LogP contribution is 2.27. The molecule has 20 heavy (non-hydrogen) atoms. The summed E-state index contributed by atoms with van der Waals surface area (Å²) in [5.41, 5.74) is 3.61. The lowest BCUT2D eigenvalue weighted by atomic mass is 10.1. The summed E-state index contributed by atoms with van der Waals surface area (Å²) in [6.07, 6.45) is 0. The molecule has 0 bridgehead atoms. The first-order chi connectivity index (χ1) is 9.81. The molecule has 1 aromatic carbocycles. The number of para-hydroxylation sites is 1. The van der Waals surface area contributed by atoms with Crippen molar-refractivity contribution in [2.24, 2.45) is 0 Å². The van der Waals surface area contributed by atoms with Crippen LogP contribution in [0.3, 0.4) is 0 Å². The van der Waals surface area contributed by atoms with Gasteiger partial charge < -0.3 is 15.0 Å². The van der Waals surface area contributed by atoms with Crippen LogP contribution in [0.2, 0.25) is 0 Å². The minimum absolute atomic E-state index is 0.596. The van der Waals surface area contributed by atoms with E-state index in [1.54, 1.807) is 0 Å². The molecule has 2 N–H and O–H groups in total. The number of fused-ring (bicyclic) bond motifs is 1. The number of benzene rings is 1. The molecule has 0 atom stereocenters. The van der Waals surface area contributed by atoms with Gasteiger partial charge in [0, 0.05) is 24.4 Å². The molecule has 0 amide bonds. The van der Waals surface area contributed by atoms with Crippen molar-refractivity contribution in [3.05, 3.63) is 36.4 Å². The van der Waals surface area contributed by atoms with Crippen LogP contribution < -0.4 is 10.1 Å². The lowest BCUT2D eigenvalue weighted by Crippen LogP contribution is -1.93. The van der Waals surface area contributed by atoms with Gasteiger partial charge in [0.15, 0.2) is 5.65 Å². The molecule has 0 spiro atoms. The first-order valence-corrected chi connectivity index (χ1v) is 6.58. The molecule has 0 saturated heterocycles. The summed E-state index contributed by atoms with van der Waals surface area (Å²) in [5.74, 6) is 1.39. The Morgan fingerprint density at radius 2 is 2.00 bits per heavy atom. The van der Waals surface area contributed by atoms with Gasteiger partial charge in [0.05, 0.1) is 12.1 Å². The van der Waals surface area contributed by atoms with E-state index in [9.17, 15) is 0 Å². The van der Waals surface area contributed by atoms with Crippen LogP contribution in [0.5, 0.6) is 5.88 Å². The van der Waals surface area contributed by atoms with E-state index in [0.717, 1.165) is 22.6 Å². The minimum Gasteiger partial charge on any atom is -0.478 e. The second-order valence-corrected chi connectivity index (χ2v) is 4.33. The van der Waals surface area contributed by atoms with E-state index >= 15 is 0 Å². The highest BCUT2D eigenvalue weighted by molar-refractivity contribution is 5.81. The quantitative estimate of drug-likeness (QED) is 0.763. The Kier molecular flexibility index (Phi) is 3.25. The summed E-state index contributed by atoms with van der Waals surface area (Å²) >= 11 is 0. The van der Waals surface area contributed by atoms with Crippen molar-refractivity contribution in [2.45, 2.75) is 6.92 Å². The predicted octanol–water partition coefficient (Wildman–Crippen LogP) is 3.07. The van der Waals surface area contributed by atoms with Crippen molar-refractivity contribution < 1.29 is 4.74 Å². The van der Waals surface area contributed by atoms with Crippen molar-refractivity contribution in [1.82, 2.24) is 15.0 Å². The Bertz CT molecular complexity index is 736. The molecule has 102 valence electrons. The van der Waals surface area contributed by atoms with Crippen molar-refractivity contribution >= 4 is 16.9 Å². The summed E-state index contributed by atoms with van der Waals surface area (Å²) in [6, 6.07) is 11.8. The number of nitrogens with zero attached hydrogens (tertiary/aromatic N) is 2. The zero-order chi connectivity index (χ0) is 13.9. The molecular weight excluding hydrogens is 252 g/mol. The molecule has 2 aromatic heterocycles. The van der Waals surface area contributed by atoms with Crippen LogP contribution in [0.15, 0.2) is 36.4 Å². The third-order valence-electron chi connectivity index (χ3n) is 3.06. The molecule has 3 aromatic rings. The molecular formula is C15H16N4O. The van der Waals surface area contributed by atoms with Crippen LogP contribution >= 0.6 is 0 Å². The van der Waals surface area contributed by atoms with Gasteiger partial charge in [-0.1, -0.05) is 12.1 Å². The van der Waals surface area contributed by atoms with E-state index in [1.165, 1.54) is 0 Å². The maximum Gasteiger partial charge on any atom is 0.215 e. The zero-order valence-corrected chi connectivity index (χ0v) is 11.5. The van der Waals surface area contributed by atoms with Gasteiger partial charge in [-0.25, -0.2) is 4.98 Å². The van der Waals surface area contributed by atoms with Crippen molar-refractivity contribution in [3.8, 4) is 17.3 Å². The Hall–Kier alpha value is -2.56. The van der Waals surface area contributed by atoms with E-state index in [0.29, 0.717) is 18.1 Å². The molecule has 0 unspecified atom stereocenters. The molecule has 0 aliphatic heterocycles. The maximum absolute atomic E-state index is 5.40. The van der Waals surface area contributed by atoms with Gasteiger partial charge in [-0.3, -0.25) is 0 Å². The molecule has 0 saturated carbocycles. The van der Waals surface area contributed by atoms with Gasteiger partial charge in [-0.05, 0) is 25.1 Å². The van der Waals surface area contributed by atoms with Gasteiger partial charge in [-0.15, -0.1) is 0 Å². The molecule has 0 fully saturated rings. The normalized spacial score (nSPS) is 10.7. The lowest BCUT2D eigenvalue weighted by molar-refractivity contribution is 0.328. The van der Waals surface area contributed by atoms with Crippen molar-refractivity contribution in [1.29, 1.82) is 0 Å². The lowest BCUT2D eigenvalue weighted by Gasteiger charge is -2.05. The summed E-state index contributed by atoms with van der Waals surface area (Å²) in [6.45, 7) is 2.53. The molecule has 3 rings (SSSR count). The average Bonchev–Trinajstić information content (AvgIpc) is 2.90. The van der Waals surface area contributed by atoms with Crippen LogP contribution in [-0.2, 0) is 0 Å². The molecule has 0 radical (unpaired) electrons. The smallest absolute Gasteiger partial charge is 0.215 e. The zero-order valence-electron chi connectivity index (χ0n) is 11.5. The largest absolute Gasteiger partial charge is 0.478 e. The minimum atomic E-state index is 0.596. The van der Waals surface area contributed by atoms with E-state index in [1.807, 2.05) is 50.4 Å². The molecule has 2 heterocycles. The summed E-state index contributed by atoms with van der Waals surface area (Å²) in [5, 5.41) is 3.16. The Labute approximate surface area is 117 Å². The Morgan fingerprint density at radius 1 is 1.15 bits per heavy atom. The van der Waals surface area contributed by atoms with Gasteiger partial charge >= 0.3 is 0 Å². The van der Waals surface area contributed by atoms with Crippen molar-refractivity contribution in [2.75, 3.05) is 19.0 Å². The highest BCUT2D eigenvalue weighted by atomic mass is 16.5. The third kappa shape index (κ3) is 2.18. The number of ether oxygens (including phenoxy) is 1. The summed E-state index contributed by atoms with van der Waals surface area (Å²) < 4.78 is 5.40. The number of pyridine rings is 1. The number of hydrogen-bond acceptors (Lipinski definition) is 4. The first kappa shape index (κ1) is 12.5.